The summed E-state index contributed by atoms with van der Waals surface area (Å²) in [5, 5.41) is 0. The molecular formula is C16H22N2O3. The molecule has 0 unspecified atom stereocenters. The first-order chi connectivity index (χ1) is 10.2. The average molecular weight is 290 g/mol. The zero-order valence-electron chi connectivity index (χ0n) is 12.5. The van der Waals surface area contributed by atoms with Crippen LogP contribution in [0.2, 0.25) is 0 Å². The first-order valence-electron chi connectivity index (χ1n) is 7.46. The normalized spacial score (nSPS) is 14.9. The summed E-state index contributed by atoms with van der Waals surface area (Å²) in [6, 6.07) is 7.51. The van der Waals surface area contributed by atoms with Crippen LogP contribution in [0.1, 0.15) is 30.1 Å². The highest BCUT2D eigenvalue weighted by atomic mass is 16.6. The average Bonchev–Trinajstić information content (AvgIpc) is 2.55. The van der Waals surface area contributed by atoms with Crippen molar-refractivity contribution in [1.82, 2.24) is 4.90 Å². The van der Waals surface area contributed by atoms with Crippen LogP contribution in [0, 0.1) is 0 Å². The van der Waals surface area contributed by atoms with Gasteiger partial charge in [-0.2, -0.15) is 0 Å². The Bertz CT molecular complexity index is 465. The fourth-order valence-corrected chi connectivity index (χ4v) is 2.31. The highest BCUT2D eigenvalue weighted by molar-refractivity contribution is 5.75. The van der Waals surface area contributed by atoms with Crippen molar-refractivity contribution in [3.05, 3.63) is 29.8 Å². The van der Waals surface area contributed by atoms with Gasteiger partial charge in [0, 0.05) is 37.4 Å². The van der Waals surface area contributed by atoms with Crippen molar-refractivity contribution in [2.24, 2.45) is 0 Å². The third-order valence-electron chi connectivity index (χ3n) is 3.66. The summed E-state index contributed by atoms with van der Waals surface area (Å²) in [4.78, 5) is 26.5. The van der Waals surface area contributed by atoms with Crippen LogP contribution in [0.25, 0.3) is 0 Å². The smallest absolute Gasteiger partial charge is 0.409 e. The van der Waals surface area contributed by atoms with Crippen LogP contribution >= 0.6 is 0 Å². The second-order valence-electron chi connectivity index (χ2n) is 5.15. The van der Waals surface area contributed by atoms with Gasteiger partial charge in [0.1, 0.15) is 6.29 Å². The molecule has 0 N–H and O–H groups in total. The molecule has 1 aromatic rings. The first kappa shape index (κ1) is 15.4. The summed E-state index contributed by atoms with van der Waals surface area (Å²) in [5.74, 6) is 0. The Hall–Kier alpha value is -2.04. The van der Waals surface area contributed by atoms with Crippen molar-refractivity contribution in [1.29, 1.82) is 0 Å². The van der Waals surface area contributed by atoms with E-state index in [2.05, 4.69) is 11.8 Å². The summed E-state index contributed by atoms with van der Waals surface area (Å²) in [6.45, 7) is 5.47. The van der Waals surface area contributed by atoms with Crippen LogP contribution in [-0.4, -0.2) is 50.1 Å². The largest absolute Gasteiger partial charge is 0.449 e. The number of unbranched alkanes of at least 4 members (excludes halogenated alkanes) is 1. The highest BCUT2D eigenvalue weighted by Gasteiger charge is 2.22. The topological polar surface area (TPSA) is 49.9 Å². The predicted molar refractivity (Wildman–Crippen MR) is 81.9 cm³/mol. The van der Waals surface area contributed by atoms with Crippen molar-refractivity contribution in [3.8, 4) is 0 Å². The molecule has 0 aliphatic carbocycles. The molecule has 1 heterocycles. The van der Waals surface area contributed by atoms with E-state index in [4.69, 9.17) is 4.74 Å². The molecule has 1 aliphatic heterocycles. The Labute approximate surface area is 125 Å². The van der Waals surface area contributed by atoms with Gasteiger partial charge in [0.15, 0.2) is 0 Å². The number of ether oxygens (including phenoxy) is 1. The first-order valence-corrected chi connectivity index (χ1v) is 7.46. The monoisotopic (exact) mass is 290 g/mol. The molecule has 5 heteroatoms. The van der Waals surface area contributed by atoms with Crippen LogP contribution < -0.4 is 4.90 Å². The molecule has 1 saturated heterocycles. The minimum Gasteiger partial charge on any atom is -0.449 e. The number of rotatable bonds is 5. The number of hydrogen-bond acceptors (Lipinski definition) is 4. The van der Waals surface area contributed by atoms with Gasteiger partial charge in [-0.3, -0.25) is 4.79 Å². The molecule has 0 radical (unpaired) electrons. The fraction of sp³-hybridized carbons (Fsp3) is 0.500. The van der Waals surface area contributed by atoms with E-state index < -0.39 is 0 Å². The molecule has 0 aromatic heterocycles. The molecule has 1 amide bonds. The third-order valence-corrected chi connectivity index (χ3v) is 3.66. The Morgan fingerprint density at radius 2 is 1.86 bits per heavy atom. The number of benzene rings is 1. The minimum atomic E-state index is -0.209. The number of nitrogens with zero attached hydrogens (tertiary/aromatic N) is 2. The number of carbonyl (C=O) groups is 2. The maximum absolute atomic E-state index is 11.8. The van der Waals surface area contributed by atoms with Crippen molar-refractivity contribution >= 4 is 18.1 Å². The maximum atomic E-state index is 11.8. The number of anilines is 1. The zero-order valence-corrected chi connectivity index (χ0v) is 12.5. The van der Waals surface area contributed by atoms with Gasteiger partial charge in [-0.05, 0) is 30.7 Å². The molecule has 2 rings (SSSR count). The van der Waals surface area contributed by atoms with Crippen molar-refractivity contribution in [2.45, 2.75) is 19.8 Å². The standard InChI is InChI=1S/C16H22N2O3/c1-2-3-12-21-16(20)18-10-8-17(9-11-18)15-6-4-14(13-19)5-7-15/h4-7,13H,2-3,8-12H2,1H3. The van der Waals surface area contributed by atoms with Crippen LogP contribution in [0.15, 0.2) is 24.3 Å². The van der Waals surface area contributed by atoms with E-state index in [1.807, 2.05) is 24.3 Å². The summed E-state index contributed by atoms with van der Waals surface area (Å²) < 4.78 is 5.22. The Morgan fingerprint density at radius 3 is 2.43 bits per heavy atom. The van der Waals surface area contributed by atoms with E-state index in [0.717, 1.165) is 37.9 Å². The summed E-state index contributed by atoms with van der Waals surface area (Å²) in [5.41, 5.74) is 1.76. The van der Waals surface area contributed by atoms with Crippen molar-refractivity contribution < 1.29 is 14.3 Å². The number of amides is 1. The lowest BCUT2D eigenvalue weighted by molar-refractivity contribution is 0.0989. The second kappa shape index (κ2) is 7.67. The molecule has 21 heavy (non-hydrogen) atoms. The Kier molecular flexibility index (Phi) is 5.60. The van der Waals surface area contributed by atoms with Gasteiger partial charge in [0.25, 0.3) is 0 Å². The van der Waals surface area contributed by atoms with E-state index in [1.165, 1.54) is 0 Å². The lowest BCUT2D eigenvalue weighted by Crippen LogP contribution is -2.49. The molecule has 114 valence electrons. The van der Waals surface area contributed by atoms with Gasteiger partial charge >= 0.3 is 6.09 Å². The second-order valence-corrected chi connectivity index (χ2v) is 5.15. The van der Waals surface area contributed by atoms with Gasteiger partial charge in [-0.25, -0.2) is 4.79 Å². The summed E-state index contributed by atoms with van der Waals surface area (Å²) in [7, 11) is 0. The molecule has 1 fully saturated rings. The van der Waals surface area contributed by atoms with E-state index in [-0.39, 0.29) is 6.09 Å². The van der Waals surface area contributed by atoms with Gasteiger partial charge in [0.05, 0.1) is 6.61 Å². The molecule has 0 atom stereocenters. The SMILES string of the molecule is CCCCOC(=O)N1CCN(c2ccc(C=O)cc2)CC1. The summed E-state index contributed by atoms with van der Waals surface area (Å²) in [6.07, 6.45) is 2.57. The molecule has 0 spiro atoms. The van der Waals surface area contributed by atoms with E-state index in [0.29, 0.717) is 25.3 Å². The predicted octanol–water partition coefficient (Wildman–Crippen LogP) is 2.56. The minimum absolute atomic E-state index is 0.209. The zero-order chi connectivity index (χ0) is 15.1. The number of piperazine rings is 1. The van der Waals surface area contributed by atoms with E-state index >= 15 is 0 Å². The van der Waals surface area contributed by atoms with Crippen molar-refractivity contribution in [2.75, 3.05) is 37.7 Å². The molecule has 5 nitrogen and oxygen atoms in total. The lowest BCUT2D eigenvalue weighted by Gasteiger charge is -2.35. The molecular weight excluding hydrogens is 268 g/mol. The molecule has 1 aliphatic rings. The maximum Gasteiger partial charge on any atom is 0.409 e. The van der Waals surface area contributed by atoms with Gasteiger partial charge in [0.2, 0.25) is 0 Å². The fourth-order valence-electron chi connectivity index (χ4n) is 2.31. The van der Waals surface area contributed by atoms with E-state index in [1.54, 1.807) is 4.90 Å². The Balaban J connectivity index is 1.82. The van der Waals surface area contributed by atoms with Crippen LogP contribution in [0.4, 0.5) is 10.5 Å². The van der Waals surface area contributed by atoms with Crippen molar-refractivity contribution in [3.63, 3.8) is 0 Å². The van der Waals surface area contributed by atoms with E-state index in [9.17, 15) is 9.59 Å². The number of carbonyl (C=O) groups excluding carboxylic acids is 2. The van der Waals surface area contributed by atoms with Crippen LogP contribution in [-0.2, 0) is 4.74 Å². The van der Waals surface area contributed by atoms with Gasteiger partial charge in [-0.1, -0.05) is 13.3 Å². The molecule has 0 bridgehead atoms. The van der Waals surface area contributed by atoms with Gasteiger partial charge < -0.3 is 14.5 Å². The number of aldehydes is 1. The van der Waals surface area contributed by atoms with Crippen LogP contribution in [0.5, 0.6) is 0 Å². The summed E-state index contributed by atoms with van der Waals surface area (Å²) >= 11 is 0. The lowest BCUT2D eigenvalue weighted by atomic mass is 10.2. The highest BCUT2D eigenvalue weighted by Crippen LogP contribution is 2.17. The number of hydrogen-bond donors (Lipinski definition) is 0. The Morgan fingerprint density at radius 1 is 1.19 bits per heavy atom. The molecule has 0 saturated carbocycles. The quantitative estimate of drug-likeness (QED) is 0.618. The van der Waals surface area contributed by atoms with Gasteiger partial charge in [-0.15, -0.1) is 0 Å². The molecule has 1 aromatic carbocycles. The third kappa shape index (κ3) is 4.21. The van der Waals surface area contributed by atoms with Crippen LogP contribution in [0.3, 0.4) is 0 Å².